The van der Waals surface area contributed by atoms with E-state index in [1.807, 2.05) is 4.72 Å². The van der Waals surface area contributed by atoms with Gasteiger partial charge in [-0.2, -0.15) is 5.21 Å². The number of H-pyrrole nitrogens is 1. The van der Waals surface area contributed by atoms with Crippen molar-refractivity contribution in [2.75, 3.05) is 19.0 Å². The van der Waals surface area contributed by atoms with Gasteiger partial charge in [-0.25, -0.2) is 8.42 Å². The van der Waals surface area contributed by atoms with Crippen molar-refractivity contribution in [3.05, 3.63) is 5.82 Å². The van der Waals surface area contributed by atoms with E-state index in [9.17, 15) is 27.6 Å². The monoisotopic (exact) mass is 504 g/mol. The SMILES string of the molecule is NCN[C@@H](CCCCNC(=O)CCCCCS(=O)(=O)NC(=O)Cc1nn[nH]n1)C(=O)CC(=O)O. The number of sulfonamides is 1. The van der Waals surface area contributed by atoms with E-state index in [0.29, 0.717) is 38.6 Å². The van der Waals surface area contributed by atoms with E-state index in [-0.39, 0.29) is 43.4 Å². The zero-order chi connectivity index (χ0) is 25.4. The Kier molecular flexibility index (Phi) is 13.5. The molecule has 0 aliphatic rings. The molecule has 1 rings (SSSR count). The number of aromatic amines is 1. The van der Waals surface area contributed by atoms with Crippen molar-refractivity contribution in [3.8, 4) is 0 Å². The maximum atomic E-state index is 11.9. The number of nitrogens with two attached hydrogens (primary N) is 1. The van der Waals surface area contributed by atoms with Gasteiger partial charge in [0.15, 0.2) is 11.6 Å². The van der Waals surface area contributed by atoms with Crippen LogP contribution >= 0.6 is 0 Å². The van der Waals surface area contributed by atoms with Gasteiger partial charge in [0, 0.05) is 19.6 Å². The third-order valence-corrected chi connectivity index (χ3v) is 5.98. The van der Waals surface area contributed by atoms with Crippen LogP contribution in [0.4, 0.5) is 0 Å². The Morgan fingerprint density at radius 3 is 2.47 bits per heavy atom. The number of aromatic nitrogens is 4. The fraction of sp³-hybridized carbons (Fsp3) is 0.722. The van der Waals surface area contributed by atoms with Gasteiger partial charge >= 0.3 is 5.97 Å². The van der Waals surface area contributed by atoms with Crippen LogP contribution in [0.1, 0.15) is 57.2 Å². The van der Waals surface area contributed by atoms with Gasteiger partial charge in [-0.05, 0) is 32.1 Å². The Morgan fingerprint density at radius 1 is 1.06 bits per heavy atom. The Labute approximate surface area is 197 Å². The van der Waals surface area contributed by atoms with Gasteiger partial charge in [-0.15, -0.1) is 10.2 Å². The number of aliphatic carboxylic acids is 1. The molecule has 192 valence electrons. The van der Waals surface area contributed by atoms with E-state index in [1.165, 1.54) is 0 Å². The second kappa shape index (κ2) is 15.8. The summed E-state index contributed by atoms with van der Waals surface area (Å²) in [5.41, 5.74) is 5.38. The molecule has 0 spiro atoms. The van der Waals surface area contributed by atoms with Crippen LogP contribution in [-0.2, 0) is 35.6 Å². The fourth-order valence-electron chi connectivity index (χ4n) is 3.00. The van der Waals surface area contributed by atoms with Gasteiger partial charge in [-0.3, -0.25) is 29.2 Å². The summed E-state index contributed by atoms with van der Waals surface area (Å²) in [5.74, 6) is -2.71. The first-order valence-electron chi connectivity index (χ1n) is 10.8. The molecule has 1 aromatic heterocycles. The number of carbonyl (C=O) groups is 4. The summed E-state index contributed by atoms with van der Waals surface area (Å²) in [6, 6.07) is -0.628. The van der Waals surface area contributed by atoms with E-state index in [1.54, 1.807) is 0 Å². The first-order valence-corrected chi connectivity index (χ1v) is 12.5. The lowest BCUT2D eigenvalue weighted by molar-refractivity contribution is -0.140. The van der Waals surface area contributed by atoms with Crippen LogP contribution < -0.4 is 21.1 Å². The number of nitrogens with one attached hydrogen (secondary N) is 4. The van der Waals surface area contributed by atoms with Crippen molar-refractivity contribution in [1.29, 1.82) is 0 Å². The van der Waals surface area contributed by atoms with Crippen LogP contribution in [0.5, 0.6) is 0 Å². The summed E-state index contributed by atoms with van der Waals surface area (Å²) in [6.07, 6.45) is 2.25. The Hall–Kier alpha value is -2.98. The summed E-state index contributed by atoms with van der Waals surface area (Å²) < 4.78 is 25.8. The molecule has 0 radical (unpaired) electrons. The summed E-state index contributed by atoms with van der Waals surface area (Å²) in [6.45, 7) is 0.461. The highest BCUT2D eigenvalue weighted by atomic mass is 32.2. The van der Waals surface area contributed by atoms with Crippen molar-refractivity contribution in [1.82, 2.24) is 36.0 Å². The van der Waals surface area contributed by atoms with E-state index >= 15 is 0 Å². The number of ketones is 1. The fourth-order valence-corrected chi connectivity index (χ4v) is 4.10. The highest BCUT2D eigenvalue weighted by Gasteiger charge is 2.19. The van der Waals surface area contributed by atoms with Crippen LogP contribution in [0.3, 0.4) is 0 Å². The lowest BCUT2D eigenvalue weighted by Gasteiger charge is -2.15. The number of carboxylic acids is 1. The molecule has 0 aliphatic heterocycles. The number of carbonyl (C=O) groups excluding carboxylic acids is 3. The van der Waals surface area contributed by atoms with E-state index < -0.39 is 40.1 Å². The largest absolute Gasteiger partial charge is 0.481 e. The molecule has 15 nitrogen and oxygen atoms in total. The van der Waals surface area contributed by atoms with Gasteiger partial charge < -0.3 is 16.2 Å². The van der Waals surface area contributed by atoms with Crippen molar-refractivity contribution in [2.24, 2.45) is 5.73 Å². The molecule has 0 aliphatic carbocycles. The normalized spacial score (nSPS) is 12.1. The Balaban J connectivity index is 2.12. The minimum atomic E-state index is -3.79. The van der Waals surface area contributed by atoms with Gasteiger partial charge in [0.25, 0.3) is 0 Å². The molecule has 1 aromatic rings. The Morgan fingerprint density at radius 2 is 1.82 bits per heavy atom. The maximum Gasteiger partial charge on any atom is 0.310 e. The quantitative estimate of drug-likeness (QED) is 0.0678. The molecule has 0 unspecified atom stereocenters. The molecule has 16 heteroatoms. The molecule has 0 bridgehead atoms. The summed E-state index contributed by atoms with van der Waals surface area (Å²) in [7, 11) is -3.79. The zero-order valence-electron chi connectivity index (χ0n) is 18.8. The molecule has 2 amide bonds. The third-order valence-electron chi connectivity index (χ3n) is 4.61. The number of nitrogens with zero attached hydrogens (tertiary/aromatic N) is 3. The molecular weight excluding hydrogens is 472 g/mol. The van der Waals surface area contributed by atoms with Crippen LogP contribution in [-0.4, -0.2) is 82.7 Å². The first-order chi connectivity index (χ1) is 16.1. The maximum absolute atomic E-state index is 11.9. The molecule has 0 saturated carbocycles. The van der Waals surface area contributed by atoms with Crippen LogP contribution in [0.15, 0.2) is 0 Å². The second-order valence-corrected chi connectivity index (χ2v) is 9.34. The van der Waals surface area contributed by atoms with Gasteiger partial charge in [0.05, 0.1) is 18.2 Å². The average molecular weight is 505 g/mol. The summed E-state index contributed by atoms with van der Waals surface area (Å²) in [5, 5.41) is 26.8. The number of Topliss-reactive ketones (excluding diaryl/α,β-unsaturated/α-hetero) is 1. The smallest absolute Gasteiger partial charge is 0.310 e. The highest BCUT2D eigenvalue weighted by molar-refractivity contribution is 7.90. The number of amides is 2. The number of carboxylic acid groups (broad SMARTS) is 1. The topological polar surface area (TPSA) is 239 Å². The number of tetrazole rings is 1. The number of rotatable bonds is 19. The molecule has 0 saturated heterocycles. The molecule has 7 N–H and O–H groups in total. The highest BCUT2D eigenvalue weighted by Crippen LogP contribution is 2.05. The van der Waals surface area contributed by atoms with Crippen LogP contribution in [0, 0.1) is 0 Å². The Bertz CT molecular complexity index is 892. The lowest BCUT2D eigenvalue weighted by atomic mass is 10.0. The minimum absolute atomic E-state index is 0.0562. The lowest BCUT2D eigenvalue weighted by Crippen LogP contribution is -2.40. The van der Waals surface area contributed by atoms with E-state index in [0.717, 1.165) is 0 Å². The minimum Gasteiger partial charge on any atom is -0.481 e. The molecule has 1 heterocycles. The molecule has 1 atom stereocenters. The van der Waals surface area contributed by atoms with E-state index in [2.05, 4.69) is 31.3 Å². The number of unbranched alkanes of at least 4 members (excludes halogenated alkanes) is 3. The van der Waals surface area contributed by atoms with Gasteiger partial charge in [0.2, 0.25) is 21.8 Å². The van der Waals surface area contributed by atoms with Crippen molar-refractivity contribution in [3.63, 3.8) is 0 Å². The third kappa shape index (κ3) is 13.5. The summed E-state index contributed by atoms with van der Waals surface area (Å²) in [4.78, 5) is 46.0. The number of hydrogen-bond acceptors (Lipinski definition) is 11. The molecule has 0 fully saturated rings. The van der Waals surface area contributed by atoms with Crippen LogP contribution in [0.2, 0.25) is 0 Å². The average Bonchev–Trinajstić information content (AvgIpc) is 3.24. The molecule has 0 aromatic carbocycles. The summed E-state index contributed by atoms with van der Waals surface area (Å²) >= 11 is 0. The van der Waals surface area contributed by atoms with Crippen molar-refractivity contribution in [2.45, 2.75) is 63.8 Å². The van der Waals surface area contributed by atoms with Crippen LogP contribution in [0.25, 0.3) is 0 Å². The van der Waals surface area contributed by atoms with Crippen molar-refractivity contribution < 1.29 is 32.7 Å². The van der Waals surface area contributed by atoms with Crippen molar-refractivity contribution >= 4 is 33.6 Å². The second-order valence-electron chi connectivity index (χ2n) is 7.50. The zero-order valence-corrected chi connectivity index (χ0v) is 19.6. The standard InChI is InChI=1S/C18H32N8O7S/c19-12-21-13(14(27)10-18(30)31)6-3-4-8-20-16(28)7-2-1-5-9-34(32,33)24-17(29)11-15-22-25-26-23-15/h13,21H,1-12,19H2,(H,20,28)(H,24,29)(H,30,31)(H,22,23,25,26)/t13-/m0/s1. The van der Waals surface area contributed by atoms with Gasteiger partial charge in [0.1, 0.15) is 6.42 Å². The predicted octanol–water partition coefficient (Wildman–Crippen LogP) is -2.05. The first kappa shape index (κ1) is 29.1. The van der Waals surface area contributed by atoms with Gasteiger partial charge in [-0.1, -0.05) is 11.6 Å². The molecular formula is C18H32N8O7S. The predicted molar refractivity (Wildman–Crippen MR) is 118 cm³/mol. The molecule has 34 heavy (non-hydrogen) atoms. The number of hydrogen-bond donors (Lipinski definition) is 6. The van der Waals surface area contributed by atoms with E-state index in [4.69, 9.17) is 10.8 Å².